The number of rotatable bonds is 4. The molecule has 1 aliphatic rings. The molecule has 0 aromatic heterocycles. The minimum atomic E-state index is -3.49. The second kappa shape index (κ2) is 5.91. The van der Waals surface area contributed by atoms with Crippen molar-refractivity contribution in [2.75, 3.05) is 6.54 Å². The second-order valence-corrected chi connectivity index (χ2v) is 7.63. The molecule has 1 aromatic rings. The molecule has 3 N–H and O–H groups in total. The molecule has 0 saturated heterocycles. The molecule has 19 heavy (non-hydrogen) atoms. The zero-order valence-electron chi connectivity index (χ0n) is 10.9. The van der Waals surface area contributed by atoms with Gasteiger partial charge in [0.05, 0.1) is 4.90 Å². The summed E-state index contributed by atoms with van der Waals surface area (Å²) in [6.07, 6.45) is 2.90. The number of benzene rings is 1. The first-order chi connectivity index (χ1) is 8.94. The van der Waals surface area contributed by atoms with Crippen molar-refractivity contribution >= 4 is 26.0 Å². The molecule has 0 bridgehead atoms. The van der Waals surface area contributed by atoms with Gasteiger partial charge in [-0.05, 0) is 65.9 Å². The second-order valence-electron chi connectivity index (χ2n) is 5.09. The highest BCUT2D eigenvalue weighted by Crippen LogP contribution is 2.28. The lowest BCUT2D eigenvalue weighted by Gasteiger charge is -2.20. The molecule has 0 heterocycles. The maximum absolute atomic E-state index is 12.4. The molecule has 2 rings (SSSR count). The smallest absolute Gasteiger partial charge is 0.241 e. The Labute approximate surface area is 122 Å². The molecular formula is C13H19BrN2O2S. The van der Waals surface area contributed by atoms with Gasteiger partial charge >= 0.3 is 0 Å². The predicted molar refractivity (Wildman–Crippen MR) is 79.4 cm³/mol. The van der Waals surface area contributed by atoms with E-state index in [1.165, 1.54) is 0 Å². The molecule has 1 aliphatic carbocycles. The van der Waals surface area contributed by atoms with Gasteiger partial charge in [0.1, 0.15) is 0 Å². The van der Waals surface area contributed by atoms with Gasteiger partial charge in [-0.3, -0.25) is 0 Å². The Morgan fingerprint density at radius 1 is 1.42 bits per heavy atom. The topological polar surface area (TPSA) is 72.2 Å². The highest BCUT2D eigenvalue weighted by molar-refractivity contribution is 9.10. The van der Waals surface area contributed by atoms with Crippen LogP contribution in [0.3, 0.4) is 0 Å². The number of nitrogens with two attached hydrogens (primary N) is 1. The van der Waals surface area contributed by atoms with E-state index in [0.717, 1.165) is 24.8 Å². The summed E-state index contributed by atoms with van der Waals surface area (Å²) in [5, 5.41) is 0. The Balaban J connectivity index is 2.25. The highest BCUT2D eigenvalue weighted by atomic mass is 79.9. The summed E-state index contributed by atoms with van der Waals surface area (Å²) in [6, 6.07) is 5.28. The molecule has 0 radical (unpaired) electrons. The van der Waals surface area contributed by atoms with E-state index in [2.05, 4.69) is 20.7 Å². The van der Waals surface area contributed by atoms with Gasteiger partial charge < -0.3 is 5.73 Å². The zero-order chi connectivity index (χ0) is 14.0. The monoisotopic (exact) mass is 346 g/mol. The van der Waals surface area contributed by atoms with Crippen molar-refractivity contribution in [3.63, 3.8) is 0 Å². The molecule has 6 heteroatoms. The number of nitrogens with one attached hydrogen (secondary N) is 1. The number of hydrogen-bond acceptors (Lipinski definition) is 3. The molecule has 0 amide bonds. The third-order valence-corrected chi connectivity index (χ3v) is 6.13. The largest absolute Gasteiger partial charge is 0.330 e. The van der Waals surface area contributed by atoms with Crippen LogP contribution in [0.1, 0.15) is 24.8 Å². The van der Waals surface area contributed by atoms with Crippen LogP contribution >= 0.6 is 15.9 Å². The maximum Gasteiger partial charge on any atom is 0.241 e. The molecule has 106 valence electrons. The van der Waals surface area contributed by atoms with Crippen LogP contribution in [0.2, 0.25) is 0 Å². The lowest BCUT2D eigenvalue weighted by Crippen LogP contribution is -2.39. The number of sulfonamides is 1. The van der Waals surface area contributed by atoms with E-state index in [1.54, 1.807) is 12.1 Å². The van der Waals surface area contributed by atoms with Gasteiger partial charge in [-0.2, -0.15) is 0 Å². The summed E-state index contributed by atoms with van der Waals surface area (Å²) in [7, 11) is -3.49. The summed E-state index contributed by atoms with van der Waals surface area (Å²) in [5.74, 6) is 0.248. The van der Waals surface area contributed by atoms with Crippen molar-refractivity contribution < 1.29 is 8.42 Å². The van der Waals surface area contributed by atoms with Gasteiger partial charge in [0.25, 0.3) is 0 Å². The van der Waals surface area contributed by atoms with Crippen molar-refractivity contribution in [1.82, 2.24) is 4.72 Å². The summed E-state index contributed by atoms with van der Waals surface area (Å²) >= 11 is 3.30. The molecular weight excluding hydrogens is 328 g/mol. The lowest BCUT2D eigenvalue weighted by atomic mass is 10.1. The number of hydrogen-bond donors (Lipinski definition) is 2. The lowest BCUT2D eigenvalue weighted by molar-refractivity contribution is 0.452. The van der Waals surface area contributed by atoms with Crippen molar-refractivity contribution in [3.05, 3.63) is 28.2 Å². The Morgan fingerprint density at radius 2 is 2.16 bits per heavy atom. The highest BCUT2D eigenvalue weighted by Gasteiger charge is 2.31. The SMILES string of the molecule is Cc1ccc(Br)c(S(=O)(=O)NC2CCCC2CN)c1. The Kier molecular flexibility index (Phi) is 4.66. The zero-order valence-corrected chi connectivity index (χ0v) is 13.3. The van der Waals surface area contributed by atoms with Gasteiger partial charge in [0, 0.05) is 10.5 Å². The van der Waals surface area contributed by atoms with Gasteiger partial charge in [0.15, 0.2) is 0 Å². The van der Waals surface area contributed by atoms with E-state index in [9.17, 15) is 8.42 Å². The normalized spacial score (nSPS) is 23.7. The average Bonchev–Trinajstić information content (AvgIpc) is 2.78. The Hall–Kier alpha value is -0.430. The third-order valence-electron chi connectivity index (χ3n) is 3.64. The predicted octanol–water partition coefficient (Wildman–Crippen LogP) is 2.16. The van der Waals surface area contributed by atoms with E-state index in [4.69, 9.17) is 5.73 Å². The summed E-state index contributed by atoms with van der Waals surface area (Å²) < 4.78 is 28.3. The minimum Gasteiger partial charge on any atom is -0.330 e. The third kappa shape index (κ3) is 3.37. The minimum absolute atomic E-state index is 0.0394. The molecule has 2 unspecified atom stereocenters. The van der Waals surface area contributed by atoms with Crippen LogP contribution in [0.5, 0.6) is 0 Å². The molecule has 2 atom stereocenters. The first-order valence-electron chi connectivity index (χ1n) is 6.42. The molecule has 1 fully saturated rings. The molecule has 1 saturated carbocycles. The van der Waals surface area contributed by atoms with Crippen LogP contribution < -0.4 is 10.5 Å². The molecule has 1 aromatic carbocycles. The summed E-state index contributed by atoms with van der Waals surface area (Å²) in [4.78, 5) is 0.301. The fourth-order valence-electron chi connectivity index (χ4n) is 2.55. The van der Waals surface area contributed by atoms with Crippen LogP contribution in [0, 0.1) is 12.8 Å². The van der Waals surface area contributed by atoms with Gasteiger partial charge in [-0.25, -0.2) is 13.1 Å². The van der Waals surface area contributed by atoms with Crippen LogP contribution in [0.15, 0.2) is 27.6 Å². The van der Waals surface area contributed by atoms with Crippen molar-refractivity contribution in [3.8, 4) is 0 Å². The standard InChI is InChI=1S/C13H19BrN2O2S/c1-9-5-6-11(14)13(7-9)19(17,18)16-12-4-2-3-10(12)8-15/h5-7,10,12,16H,2-4,8,15H2,1H3. The van der Waals surface area contributed by atoms with E-state index < -0.39 is 10.0 Å². The Bertz CT molecular complexity index is 560. The number of halogens is 1. The van der Waals surface area contributed by atoms with Crippen molar-refractivity contribution in [2.45, 2.75) is 37.1 Å². The first kappa shape index (κ1) is 15.0. The summed E-state index contributed by atoms with van der Waals surface area (Å²) in [6.45, 7) is 2.41. The van der Waals surface area contributed by atoms with Crippen molar-refractivity contribution in [2.24, 2.45) is 11.7 Å². The van der Waals surface area contributed by atoms with E-state index in [0.29, 0.717) is 15.9 Å². The van der Waals surface area contributed by atoms with Crippen LogP contribution in [-0.4, -0.2) is 21.0 Å². The molecule has 0 spiro atoms. The van der Waals surface area contributed by atoms with Gasteiger partial charge in [-0.1, -0.05) is 12.5 Å². The summed E-state index contributed by atoms with van der Waals surface area (Å²) in [5.41, 5.74) is 6.61. The van der Waals surface area contributed by atoms with E-state index >= 15 is 0 Å². The fraction of sp³-hybridized carbons (Fsp3) is 0.538. The maximum atomic E-state index is 12.4. The average molecular weight is 347 g/mol. The van der Waals surface area contributed by atoms with Gasteiger partial charge in [0.2, 0.25) is 10.0 Å². The van der Waals surface area contributed by atoms with Crippen molar-refractivity contribution in [1.29, 1.82) is 0 Å². The molecule has 0 aliphatic heterocycles. The van der Waals surface area contributed by atoms with E-state index in [-0.39, 0.29) is 12.0 Å². The van der Waals surface area contributed by atoms with Gasteiger partial charge in [-0.15, -0.1) is 0 Å². The number of aryl methyl sites for hydroxylation is 1. The van der Waals surface area contributed by atoms with Crippen LogP contribution in [0.4, 0.5) is 0 Å². The van der Waals surface area contributed by atoms with Crippen LogP contribution in [-0.2, 0) is 10.0 Å². The molecule has 4 nitrogen and oxygen atoms in total. The van der Waals surface area contributed by atoms with E-state index in [1.807, 2.05) is 13.0 Å². The first-order valence-corrected chi connectivity index (χ1v) is 8.70. The van der Waals surface area contributed by atoms with Crippen LogP contribution in [0.25, 0.3) is 0 Å². The Morgan fingerprint density at radius 3 is 2.84 bits per heavy atom. The fourth-order valence-corrected chi connectivity index (χ4v) is 4.94. The quantitative estimate of drug-likeness (QED) is 0.877.